The van der Waals surface area contributed by atoms with E-state index in [2.05, 4.69) is 19.2 Å². The Morgan fingerprint density at radius 1 is 1.38 bits per heavy atom. The standard InChI is InChI=1S/C11H21ClN2O2/c1-9(2)5-7-14(3)11(16)4-6-13-10(15)8-12/h9H,4-8H2,1-3H3,(H,13,15). The number of rotatable bonds is 7. The zero-order valence-corrected chi connectivity index (χ0v) is 11.0. The van der Waals surface area contributed by atoms with Gasteiger partial charge < -0.3 is 10.2 Å². The number of carbonyl (C=O) groups excluding carboxylic acids is 2. The topological polar surface area (TPSA) is 49.4 Å². The van der Waals surface area contributed by atoms with Gasteiger partial charge in [-0.15, -0.1) is 11.6 Å². The Hall–Kier alpha value is -0.770. The third kappa shape index (κ3) is 7.51. The number of alkyl halides is 1. The Balaban J connectivity index is 3.67. The van der Waals surface area contributed by atoms with Gasteiger partial charge in [-0.1, -0.05) is 13.8 Å². The van der Waals surface area contributed by atoms with Crippen molar-refractivity contribution in [3.8, 4) is 0 Å². The smallest absolute Gasteiger partial charge is 0.234 e. The van der Waals surface area contributed by atoms with E-state index in [0.29, 0.717) is 18.9 Å². The predicted molar refractivity (Wildman–Crippen MR) is 65.4 cm³/mol. The molecular weight excluding hydrogens is 228 g/mol. The first-order chi connectivity index (χ1) is 7.47. The van der Waals surface area contributed by atoms with Crippen LogP contribution < -0.4 is 5.32 Å². The lowest BCUT2D eigenvalue weighted by molar-refractivity contribution is -0.130. The molecule has 4 nitrogen and oxygen atoms in total. The van der Waals surface area contributed by atoms with Crippen LogP contribution in [0.2, 0.25) is 0 Å². The lowest BCUT2D eigenvalue weighted by atomic mass is 10.1. The van der Waals surface area contributed by atoms with Crippen LogP contribution in [0, 0.1) is 5.92 Å². The molecule has 0 aromatic heterocycles. The first kappa shape index (κ1) is 15.2. The number of amides is 2. The van der Waals surface area contributed by atoms with Crippen LogP contribution >= 0.6 is 11.6 Å². The molecule has 0 bridgehead atoms. The van der Waals surface area contributed by atoms with Gasteiger partial charge in [-0.2, -0.15) is 0 Å². The average molecular weight is 249 g/mol. The van der Waals surface area contributed by atoms with Crippen LogP contribution in [0.15, 0.2) is 0 Å². The van der Waals surface area contributed by atoms with E-state index in [1.807, 2.05) is 0 Å². The fraction of sp³-hybridized carbons (Fsp3) is 0.818. The van der Waals surface area contributed by atoms with Gasteiger partial charge in [0.15, 0.2) is 0 Å². The highest BCUT2D eigenvalue weighted by atomic mass is 35.5. The van der Waals surface area contributed by atoms with Gasteiger partial charge in [0.05, 0.1) is 0 Å². The van der Waals surface area contributed by atoms with E-state index in [0.717, 1.165) is 13.0 Å². The molecule has 0 saturated carbocycles. The van der Waals surface area contributed by atoms with Crippen LogP contribution in [0.3, 0.4) is 0 Å². The minimum atomic E-state index is -0.237. The summed E-state index contributed by atoms with van der Waals surface area (Å²) in [5.74, 6) is 0.346. The lowest BCUT2D eigenvalue weighted by Crippen LogP contribution is -2.33. The average Bonchev–Trinajstić information content (AvgIpc) is 2.25. The maximum absolute atomic E-state index is 11.6. The highest BCUT2D eigenvalue weighted by molar-refractivity contribution is 6.27. The largest absolute Gasteiger partial charge is 0.355 e. The second kappa shape index (κ2) is 8.39. The van der Waals surface area contributed by atoms with Gasteiger partial charge >= 0.3 is 0 Å². The Labute approximate surface area is 102 Å². The SMILES string of the molecule is CC(C)CCN(C)C(=O)CCNC(=O)CCl. The summed E-state index contributed by atoms with van der Waals surface area (Å²) in [4.78, 5) is 24.1. The fourth-order valence-electron chi connectivity index (χ4n) is 1.12. The Morgan fingerprint density at radius 2 is 2.00 bits per heavy atom. The quantitative estimate of drug-likeness (QED) is 0.689. The van der Waals surface area contributed by atoms with Crippen LogP contribution in [0.1, 0.15) is 26.7 Å². The monoisotopic (exact) mass is 248 g/mol. The highest BCUT2D eigenvalue weighted by Gasteiger charge is 2.09. The molecule has 0 aliphatic carbocycles. The number of hydrogen-bond donors (Lipinski definition) is 1. The third-order valence-electron chi connectivity index (χ3n) is 2.25. The number of nitrogens with zero attached hydrogens (tertiary/aromatic N) is 1. The summed E-state index contributed by atoms with van der Waals surface area (Å²) < 4.78 is 0. The molecule has 0 aromatic rings. The minimum Gasteiger partial charge on any atom is -0.355 e. The zero-order chi connectivity index (χ0) is 12.6. The van der Waals surface area contributed by atoms with Crippen molar-refractivity contribution in [1.29, 1.82) is 0 Å². The Kier molecular flexibility index (Phi) is 7.99. The van der Waals surface area contributed by atoms with Crippen molar-refractivity contribution in [2.75, 3.05) is 26.0 Å². The highest BCUT2D eigenvalue weighted by Crippen LogP contribution is 2.01. The summed E-state index contributed by atoms with van der Waals surface area (Å²) in [6.07, 6.45) is 1.33. The summed E-state index contributed by atoms with van der Waals surface area (Å²) in [6, 6.07) is 0. The Bertz CT molecular complexity index is 232. The summed E-state index contributed by atoms with van der Waals surface area (Å²) in [5, 5.41) is 2.56. The number of nitrogens with one attached hydrogen (secondary N) is 1. The van der Waals surface area contributed by atoms with E-state index in [9.17, 15) is 9.59 Å². The van der Waals surface area contributed by atoms with Crippen LogP contribution in [0.25, 0.3) is 0 Å². The lowest BCUT2D eigenvalue weighted by Gasteiger charge is -2.18. The van der Waals surface area contributed by atoms with E-state index in [1.54, 1.807) is 11.9 Å². The molecule has 0 aromatic carbocycles. The molecular formula is C11H21ClN2O2. The number of hydrogen-bond acceptors (Lipinski definition) is 2. The molecule has 0 heterocycles. The van der Waals surface area contributed by atoms with Crippen molar-refractivity contribution >= 4 is 23.4 Å². The second-order valence-electron chi connectivity index (χ2n) is 4.23. The van der Waals surface area contributed by atoms with Gasteiger partial charge in [0.2, 0.25) is 11.8 Å². The fourth-order valence-corrected chi connectivity index (χ4v) is 1.22. The molecule has 0 fully saturated rings. The van der Waals surface area contributed by atoms with Gasteiger partial charge in [-0.3, -0.25) is 9.59 Å². The van der Waals surface area contributed by atoms with E-state index in [1.165, 1.54) is 0 Å². The predicted octanol–water partition coefficient (Wildman–Crippen LogP) is 1.24. The van der Waals surface area contributed by atoms with Crippen LogP contribution in [0.5, 0.6) is 0 Å². The van der Waals surface area contributed by atoms with Crippen molar-refractivity contribution < 1.29 is 9.59 Å². The van der Waals surface area contributed by atoms with Gasteiger partial charge in [-0.25, -0.2) is 0 Å². The molecule has 1 N–H and O–H groups in total. The van der Waals surface area contributed by atoms with Crippen molar-refractivity contribution in [2.24, 2.45) is 5.92 Å². The number of carbonyl (C=O) groups is 2. The van der Waals surface area contributed by atoms with E-state index < -0.39 is 0 Å². The van der Waals surface area contributed by atoms with Gasteiger partial charge in [-0.05, 0) is 12.3 Å². The van der Waals surface area contributed by atoms with Crippen molar-refractivity contribution in [3.63, 3.8) is 0 Å². The van der Waals surface area contributed by atoms with Crippen molar-refractivity contribution in [3.05, 3.63) is 0 Å². The zero-order valence-electron chi connectivity index (χ0n) is 10.3. The van der Waals surface area contributed by atoms with Crippen molar-refractivity contribution in [1.82, 2.24) is 10.2 Å². The summed E-state index contributed by atoms with van der Waals surface area (Å²) in [5.41, 5.74) is 0. The second-order valence-corrected chi connectivity index (χ2v) is 4.50. The molecule has 0 aliphatic heterocycles. The molecule has 0 spiro atoms. The summed E-state index contributed by atoms with van der Waals surface area (Å²) >= 11 is 5.31. The normalized spacial score (nSPS) is 10.3. The third-order valence-corrected chi connectivity index (χ3v) is 2.49. The van der Waals surface area contributed by atoms with E-state index >= 15 is 0 Å². The maximum atomic E-state index is 11.6. The first-order valence-electron chi connectivity index (χ1n) is 5.54. The minimum absolute atomic E-state index is 0.0514. The molecule has 2 amide bonds. The summed E-state index contributed by atoms with van der Waals surface area (Å²) in [6.45, 7) is 5.37. The molecule has 16 heavy (non-hydrogen) atoms. The molecule has 0 atom stereocenters. The van der Waals surface area contributed by atoms with E-state index in [-0.39, 0.29) is 17.7 Å². The molecule has 0 radical (unpaired) electrons. The van der Waals surface area contributed by atoms with Gasteiger partial charge in [0, 0.05) is 26.6 Å². The Morgan fingerprint density at radius 3 is 2.50 bits per heavy atom. The van der Waals surface area contributed by atoms with Gasteiger partial charge in [0.1, 0.15) is 5.88 Å². The molecule has 0 saturated heterocycles. The molecule has 5 heteroatoms. The first-order valence-corrected chi connectivity index (χ1v) is 6.07. The molecule has 0 rings (SSSR count). The van der Waals surface area contributed by atoms with E-state index in [4.69, 9.17) is 11.6 Å². The molecule has 0 unspecified atom stereocenters. The van der Waals surface area contributed by atoms with Crippen LogP contribution in [-0.4, -0.2) is 42.7 Å². The summed E-state index contributed by atoms with van der Waals surface area (Å²) in [7, 11) is 1.79. The molecule has 0 aliphatic rings. The van der Waals surface area contributed by atoms with Crippen molar-refractivity contribution in [2.45, 2.75) is 26.7 Å². The van der Waals surface area contributed by atoms with Crippen LogP contribution in [0.4, 0.5) is 0 Å². The number of halogens is 1. The van der Waals surface area contributed by atoms with Gasteiger partial charge in [0.25, 0.3) is 0 Å². The maximum Gasteiger partial charge on any atom is 0.234 e. The molecule has 94 valence electrons. The van der Waals surface area contributed by atoms with Crippen LogP contribution in [-0.2, 0) is 9.59 Å².